The van der Waals surface area contributed by atoms with Crippen LogP contribution < -0.4 is 10.6 Å². The van der Waals surface area contributed by atoms with Gasteiger partial charge in [-0.2, -0.15) is 0 Å². The van der Waals surface area contributed by atoms with Gasteiger partial charge in [0.1, 0.15) is 5.82 Å². The van der Waals surface area contributed by atoms with Crippen LogP contribution in [0.1, 0.15) is 5.56 Å². The van der Waals surface area contributed by atoms with Gasteiger partial charge in [0.05, 0.1) is 10.7 Å². The fraction of sp³-hybridized carbons (Fsp3) is 0.154. The van der Waals surface area contributed by atoms with Gasteiger partial charge < -0.3 is 10.6 Å². The Morgan fingerprint density at radius 2 is 2.06 bits per heavy atom. The van der Waals surface area contributed by atoms with Gasteiger partial charge in [-0.3, -0.25) is 0 Å². The minimum absolute atomic E-state index is 0.319. The molecule has 0 saturated carbocycles. The molecular formula is C13H13ClFN3. The van der Waals surface area contributed by atoms with Crippen molar-refractivity contribution in [1.82, 2.24) is 4.98 Å². The molecule has 94 valence electrons. The van der Waals surface area contributed by atoms with Crippen LogP contribution in [0.3, 0.4) is 0 Å². The summed E-state index contributed by atoms with van der Waals surface area (Å²) in [4.78, 5) is 5.78. The van der Waals surface area contributed by atoms with Crippen LogP contribution >= 0.6 is 11.6 Å². The molecular weight excluding hydrogens is 253 g/mol. The summed E-state index contributed by atoms with van der Waals surface area (Å²) < 4.78 is 13.7. The molecule has 5 heteroatoms. The molecule has 0 aliphatic heterocycles. The molecule has 3 nitrogen and oxygen atoms in total. The lowest BCUT2D eigenvalue weighted by molar-refractivity contribution is 0.627. The highest BCUT2D eigenvalue weighted by molar-refractivity contribution is 6.33. The van der Waals surface area contributed by atoms with Crippen LogP contribution in [0.25, 0.3) is 0 Å². The largest absolute Gasteiger partial charge is 0.326 e. The number of hydrogen-bond donors (Lipinski definition) is 1. The summed E-state index contributed by atoms with van der Waals surface area (Å²) >= 11 is 6.20. The van der Waals surface area contributed by atoms with Crippen LogP contribution in [0.4, 0.5) is 15.9 Å². The number of rotatable bonds is 3. The average Bonchev–Trinajstić information content (AvgIpc) is 2.39. The Bertz CT molecular complexity index is 560. The van der Waals surface area contributed by atoms with Crippen LogP contribution in [-0.4, -0.2) is 12.0 Å². The van der Waals surface area contributed by atoms with Gasteiger partial charge in [-0.25, -0.2) is 9.37 Å². The number of aromatic nitrogens is 1. The Balaban J connectivity index is 2.47. The molecule has 0 unspecified atom stereocenters. The van der Waals surface area contributed by atoms with Crippen molar-refractivity contribution in [3.05, 3.63) is 52.9 Å². The monoisotopic (exact) mass is 265 g/mol. The maximum Gasteiger partial charge on any atom is 0.151 e. The molecule has 0 fully saturated rings. The van der Waals surface area contributed by atoms with E-state index >= 15 is 0 Å². The van der Waals surface area contributed by atoms with Crippen molar-refractivity contribution in [3.8, 4) is 0 Å². The lowest BCUT2D eigenvalue weighted by Crippen LogP contribution is -2.14. The topological polar surface area (TPSA) is 42.2 Å². The van der Waals surface area contributed by atoms with Gasteiger partial charge in [0.25, 0.3) is 0 Å². The summed E-state index contributed by atoms with van der Waals surface area (Å²) in [5.41, 5.74) is 6.78. The minimum Gasteiger partial charge on any atom is -0.326 e. The minimum atomic E-state index is -0.323. The van der Waals surface area contributed by atoms with E-state index in [2.05, 4.69) is 4.98 Å². The first-order valence-corrected chi connectivity index (χ1v) is 5.84. The van der Waals surface area contributed by atoms with Crippen molar-refractivity contribution < 1.29 is 4.39 Å². The van der Waals surface area contributed by atoms with Gasteiger partial charge in [0, 0.05) is 19.8 Å². The molecule has 1 aromatic heterocycles. The highest BCUT2D eigenvalue weighted by atomic mass is 35.5. The Morgan fingerprint density at radius 3 is 2.72 bits per heavy atom. The second-order valence-electron chi connectivity index (χ2n) is 3.82. The maximum atomic E-state index is 13.7. The molecule has 0 radical (unpaired) electrons. The van der Waals surface area contributed by atoms with Gasteiger partial charge in [-0.15, -0.1) is 0 Å². The molecule has 0 bridgehead atoms. The summed E-state index contributed by atoms with van der Waals surface area (Å²) in [7, 11) is 1.72. The molecule has 18 heavy (non-hydrogen) atoms. The van der Waals surface area contributed by atoms with E-state index in [1.807, 2.05) is 0 Å². The van der Waals surface area contributed by atoms with E-state index in [1.54, 1.807) is 42.4 Å². The van der Waals surface area contributed by atoms with Crippen molar-refractivity contribution in [3.63, 3.8) is 0 Å². The second kappa shape index (κ2) is 5.33. The molecule has 1 aromatic carbocycles. The van der Waals surface area contributed by atoms with Gasteiger partial charge >= 0.3 is 0 Å². The summed E-state index contributed by atoms with van der Waals surface area (Å²) in [6.45, 7) is 0.319. The van der Waals surface area contributed by atoms with E-state index in [9.17, 15) is 4.39 Å². The number of pyridine rings is 1. The Kier molecular flexibility index (Phi) is 3.79. The fourth-order valence-electron chi connectivity index (χ4n) is 1.70. The van der Waals surface area contributed by atoms with Gasteiger partial charge in [-0.05, 0) is 23.8 Å². The van der Waals surface area contributed by atoms with Crippen LogP contribution in [0.2, 0.25) is 5.02 Å². The predicted octanol–water partition coefficient (Wildman–Crippen LogP) is 3.10. The molecule has 2 aromatic rings. The lowest BCUT2D eigenvalue weighted by Gasteiger charge is -2.20. The molecule has 1 heterocycles. The summed E-state index contributed by atoms with van der Waals surface area (Å²) in [6.07, 6.45) is 1.61. The molecule has 0 aliphatic rings. The Morgan fingerprint density at radius 1 is 1.33 bits per heavy atom. The number of para-hydroxylation sites is 1. The van der Waals surface area contributed by atoms with E-state index < -0.39 is 0 Å². The normalized spacial score (nSPS) is 10.4. The van der Waals surface area contributed by atoms with E-state index in [1.165, 1.54) is 6.07 Å². The van der Waals surface area contributed by atoms with E-state index in [4.69, 9.17) is 17.3 Å². The number of benzene rings is 1. The number of anilines is 2. The summed E-state index contributed by atoms with van der Waals surface area (Å²) in [6, 6.07) is 8.21. The SMILES string of the molecule is CN(c1ccccc1F)c1nccc(CN)c1Cl. The highest BCUT2D eigenvalue weighted by Gasteiger charge is 2.14. The second-order valence-corrected chi connectivity index (χ2v) is 4.20. The molecule has 0 spiro atoms. The highest BCUT2D eigenvalue weighted by Crippen LogP contribution is 2.31. The molecule has 0 aliphatic carbocycles. The predicted molar refractivity (Wildman–Crippen MR) is 71.6 cm³/mol. The number of halogens is 2. The molecule has 0 saturated heterocycles. The standard InChI is InChI=1S/C13H13ClFN3/c1-18(11-5-3-2-4-10(11)15)13-12(14)9(8-16)6-7-17-13/h2-7H,8,16H2,1H3. The average molecular weight is 266 g/mol. The smallest absolute Gasteiger partial charge is 0.151 e. The number of hydrogen-bond acceptors (Lipinski definition) is 3. The van der Waals surface area contributed by atoms with Crippen molar-refractivity contribution in [1.29, 1.82) is 0 Å². The maximum absolute atomic E-state index is 13.7. The lowest BCUT2D eigenvalue weighted by atomic mass is 10.2. The van der Waals surface area contributed by atoms with Crippen LogP contribution in [0.15, 0.2) is 36.5 Å². The van der Waals surface area contributed by atoms with Gasteiger partial charge in [0.2, 0.25) is 0 Å². The van der Waals surface area contributed by atoms with Crippen LogP contribution in [-0.2, 0) is 6.54 Å². The summed E-state index contributed by atoms with van der Waals surface area (Å²) in [5.74, 6) is 0.167. The first-order chi connectivity index (χ1) is 8.65. The van der Waals surface area contributed by atoms with E-state index in [-0.39, 0.29) is 5.82 Å². The fourth-order valence-corrected chi connectivity index (χ4v) is 2.02. The van der Waals surface area contributed by atoms with E-state index in [0.717, 1.165) is 5.56 Å². The van der Waals surface area contributed by atoms with E-state index in [0.29, 0.717) is 23.1 Å². The Hall–Kier alpha value is -1.65. The summed E-state index contributed by atoms with van der Waals surface area (Å²) in [5, 5.41) is 0.450. The molecule has 0 atom stereocenters. The first-order valence-electron chi connectivity index (χ1n) is 5.47. The quantitative estimate of drug-likeness (QED) is 0.927. The van der Waals surface area contributed by atoms with Crippen molar-refractivity contribution >= 4 is 23.1 Å². The third kappa shape index (κ3) is 2.30. The Labute approximate surface area is 110 Å². The molecule has 2 rings (SSSR count). The number of nitrogens with zero attached hydrogens (tertiary/aromatic N) is 2. The molecule has 0 amide bonds. The molecule has 2 N–H and O–H groups in total. The van der Waals surface area contributed by atoms with Gasteiger partial charge in [-0.1, -0.05) is 23.7 Å². The van der Waals surface area contributed by atoms with Crippen LogP contribution in [0.5, 0.6) is 0 Å². The zero-order chi connectivity index (χ0) is 13.1. The number of nitrogens with two attached hydrogens (primary N) is 1. The van der Waals surface area contributed by atoms with Crippen molar-refractivity contribution in [2.45, 2.75) is 6.54 Å². The van der Waals surface area contributed by atoms with Crippen LogP contribution in [0, 0.1) is 5.82 Å². The zero-order valence-corrected chi connectivity index (χ0v) is 10.7. The third-order valence-corrected chi connectivity index (χ3v) is 3.11. The van der Waals surface area contributed by atoms with Gasteiger partial charge in [0.15, 0.2) is 5.82 Å². The zero-order valence-electron chi connectivity index (χ0n) is 9.90. The first kappa shape index (κ1) is 12.8. The van der Waals surface area contributed by atoms with Crippen molar-refractivity contribution in [2.75, 3.05) is 11.9 Å². The third-order valence-electron chi connectivity index (χ3n) is 2.70. The van der Waals surface area contributed by atoms with Crippen molar-refractivity contribution in [2.24, 2.45) is 5.73 Å².